The molecule has 0 saturated heterocycles. The van der Waals surface area contributed by atoms with Gasteiger partial charge in [-0.3, -0.25) is 0 Å². The van der Waals surface area contributed by atoms with Crippen molar-refractivity contribution in [2.24, 2.45) is 0 Å². The van der Waals surface area contributed by atoms with Crippen LogP contribution in [0, 0.1) is 45.1 Å². The molecular weight excluding hydrogens is 1890 g/mol. The molecule has 0 fully saturated rings. The Morgan fingerprint density at radius 1 is 0.408 bits per heavy atom. The summed E-state index contributed by atoms with van der Waals surface area (Å²) in [5, 5.41) is 47.6. The van der Waals surface area contributed by atoms with Gasteiger partial charge in [0.2, 0.25) is 0 Å². The topological polar surface area (TPSA) is 353 Å². The SMILES string of the molecule is COc1ccccc1-c1c[nH]c2ncc(-c3ccc(C)o3)cc12.COc1ccccc1-c1cn(S(=O)(=O)c2ccc(C)cc2)c2ncc(-c3ccc(C)o3)cc12.COc1ccccc1B(O)O.Cc1ccc(B(O)O)o1.Cc1ccc(S(=O)(=O)n2cc(-c3ccccc3CO)c3cc(Br)cnc32)cc1.Cc1ccc(S(=O)(=O)n2cc(I)c3cc(Br)cnc32)cc1. The number of hydrogen-bond donors (Lipinski definition) is 6. The summed E-state index contributed by atoms with van der Waals surface area (Å²) in [5.41, 5.74) is 13.0. The second-order valence-electron chi connectivity index (χ2n) is 28.3. The number of para-hydroxylation sites is 3. The number of ether oxygens (including phenoxy) is 3. The van der Waals surface area contributed by atoms with Gasteiger partial charge in [-0.25, -0.2) is 57.1 Å². The molecule has 0 aliphatic carbocycles. The smallest absolute Gasteiger partial charge is 0.497 e. The number of aliphatic hydroxyl groups is 1. The van der Waals surface area contributed by atoms with E-state index in [0.29, 0.717) is 72.9 Å². The normalized spacial score (nSPS) is 11.3. The van der Waals surface area contributed by atoms with Crippen molar-refractivity contribution in [3.05, 3.63) is 332 Å². The van der Waals surface area contributed by atoms with Crippen molar-refractivity contribution in [2.45, 2.75) is 62.8 Å². The van der Waals surface area contributed by atoms with E-state index in [4.69, 9.17) is 47.6 Å². The number of aromatic amines is 1. The number of fused-ring (bicyclic) bond motifs is 4. The Hall–Kier alpha value is -12.0. The van der Waals surface area contributed by atoms with Gasteiger partial charge in [0.05, 0.1) is 48.4 Å². The fourth-order valence-electron chi connectivity index (χ4n) is 13.4. The number of rotatable bonds is 17. The van der Waals surface area contributed by atoms with Gasteiger partial charge in [0.25, 0.3) is 30.1 Å². The lowest BCUT2D eigenvalue weighted by Crippen LogP contribution is -2.30. The van der Waals surface area contributed by atoms with E-state index in [-0.39, 0.29) is 27.0 Å². The first-order valence-corrected chi connectivity index (χ1v) is 45.3. The third-order valence-electron chi connectivity index (χ3n) is 19.7. The molecule has 11 heterocycles. The van der Waals surface area contributed by atoms with Crippen LogP contribution in [-0.4, -0.2) is 123 Å². The number of nitrogens with zero attached hydrogens (tertiary/aromatic N) is 7. The Bertz CT molecular complexity index is 7260. The van der Waals surface area contributed by atoms with Crippen molar-refractivity contribution >= 4 is 154 Å². The maximum Gasteiger partial charge on any atom is 0.526 e. The highest BCUT2D eigenvalue weighted by molar-refractivity contribution is 14.1. The van der Waals surface area contributed by atoms with Crippen molar-refractivity contribution in [1.82, 2.24) is 36.8 Å². The molecule has 11 aromatic heterocycles. The van der Waals surface area contributed by atoms with E-state index in [1.165, 1.54) is 25.1 Å². The number of furan rings is 3. The minimum Gasteiger partial charge on any atom is -0.497 e. The number of hydrogen-bond acceptors (Lipinski definition) is 21. The number of H-pyrrole nitrogens is 1. The molecule has 0 radical (unpaired) electrons. The van der Waals surface area contributed by atoms with Gasteiger partial charge in [-0.2, -0.15) is 0 Å². The van der Waals surface area contributed by atoms with E-state index < -0.39 is 44.3 Å². The van der Waals surface area contributed by atoms with Crippen LogP contribution in [0.25, 0.3) is 100 Å². The first-order valence-electron chi connectivity index (χ1n) is 38.4. The predicted molar refractivity (Wildman–Crippen MR) is 501 cm³/mol. The molecule has 0 amide bonds. The van der Waals surface area contributed by atoms with Crippen LogP contribution in [0.3, 0.4) is 0 Å². The van der Waals surface area contributed by atoms with Gasteiger partial charge >= 0.3 is 14.2 Å². The van der Waals surface area contributed by atoms with Gasteiger partial charge in [0.15, 0.2) is 16.9 Å². The molecule has 6 N–H and O–H groups in total. The molecule has 7 aromatic carbocycles. The summed E-state index contributed by atoms with van der Waals surface area (Å²) in [6.45, 7) is 11.2. The molecule has 0 bridgehead atoms. The molecule has 0 spiro atoms. The van der Waals surface area contributed by atoms with Crippen LogP contribution in [0.5, 0.6) is 17.2 Å². The number of pyridine rings is 4. The first-order chi connectivity index (χ1) is 59.9. The third kappa shape index (κ3) is 20.4. The Morgan fingerprint density at radius 3 is 1.24 bits per heavy atom. The van der Waals surface area contributed by atoms with Gasteiger partial charge < -0.3 is 57.6 Å². The molecule has 25 nitrogen and oxygen atoms in total. The van der Waals surface area contributed by atoms with E-state index in [0.717, 1.165) is 102 Å². The Balaban J connectivity index is 0.000000134. The lowest BCUT2D eigenvalue weighted by molar-refractivity contribution is 0.282. The summed E-state index contributed by atoms with van der Waals surface area (Å²) in [7, 11) is -9.53. The summed E-state index contributed by atoms with van der Waals surface area (Å²) >= 11 is 8.89. The second kappa shape index (κ2) is 39.5. The van der Waals surface area contributed by atoms with Crippen LogP contribution in [0.1, 0.15) is 39.5 Å². The van der Waals surface area contributed by atoms with Gasteiger partial charge in [-0.15, -0.1) is 0 Å². The average Bonchev–Trinajstić information content (AvgIpc) is 1.61. The molecule has 636 valence electrons. The highest BCUT2D eigenvalue weighted by Crippen LogP contribution is 2.42. The molecule has 18 rings (SSSR count). The maximum atomic E-state index is 13.6. The van der Waals surface area contributed by atoms with E-state index in [1.54, 1.807) is 161 Å². The Labute approximate surface area is 752 Å². The van der Waals surface area contributed by atoms with E-state index >= 15 is 0 Å². The largest absolute Gasteiger partial charge is 0.526 e. The molecule has 18 aromatic rings. The van der Waals surface area contributed by atoms with Gasteiger partial charge in [-0.05, 0) is 222 Å². The lowest BCUT2D eigenvalue weighted by atomic mass is 9.80. The summed E-state index contributed by atoms with van der Waals surface area (Å²) < 4.78 is 118. The minimum atomic E-state index is -3.87. The third-order valence-corrected chi connectivity index (χ3v) is 26.5. The Kier molecular flexibility index (Phi) is 28.6. The fourth-order valence-corrected chi connectivity index (χ4v) is 18.9. The summed E-state index contributed by atoms with van der Waals surface area (Å²) in [4.78, 5) is 21.6. The van der Waals surface area contributed by atoms with Crippen LogP contribution in [-0.2, 0) is 36.7 Å². The van der Waals surface area contributed by atoms with Crippen molar-refractivity contribution in [1.29, 1.82) is 0 Å². The van der Waals surface area contributed by atoms with E-state index in [9.17, 15) is 30.4 Å². The van der Waals surface area contributed by atoms with Crippen LogP contribution in [0.15, 0.2) is 317 Å². The monoisotopic (exact) mass is 1970 g/mol. The number of aliphatic hydroxyl groups excluding tert-OH is 1. The number of nitrogens with one attached hydrogen (secondary N) is 1. The summed E-state index contributed by atoms with van der Waals surface area (Å²) in [6, 6.07) is 68.5. The number of aryl methyl sites for hydroxylation is 6. The highest BCUT2D eigenvalue weighted by atomic mass is 127. The molecule has 0 saturated carbocycles. The number of aromatic nitrogens is 8. The average molecular weight is 1980 g/mol. The van der Waals surface area contributed by atoms with Crippen molar-refractivity contribution in [3.63, 3.8) is 0 Å². The zero-order chi connectivity index (χ0) is 89.2. The molecule has 125 heavy (non-hydrogen) atoms. The van der Waals surface area contributed by atoms with Crippen molar-refractivity contribution in [3.8, 4) is 73.3 Å². The van der Waals surface area contributed by atoms with E-state index in [2.05, 4.69) is 85.4 Å². The fraction of sp³-hybridized carbons (Fsp3) is 0.109. The molecule has 33 heteroatoms. The molecule has 0 aliphatic heterocycles. The standard InChI is InChI=1S/C26H22N2O4S.C21H17BrN2O3S.C19H16N2O2.C14H10BrIN2O2S.C7H9BO3.C5H7BO3/c1-17-8-11-20(12-9-17)33(29,30)28-16-23(21-6-4-5-7-25(21)31-3)22-14-19(15-27-26(22)28)24-13-10-18(2)32-24;1-14-6-8-17(9-7-14)28(26,27)24-12-20(18-5-3-2-4-15(18)13-25)19-10-16(22)11-23-21(19)24;1-12-7-8-17(23-12)13-9-15-16(11-21-19(15)20-10-13)14-5-3-4-6-18(14)22-2;1-9-2-4-11(5-3-9)21(19,20)18-8-13(16)12-6-10(15)7-17-14(12)18;1-11-7-5-3-2-4-6(7)8(9)10;1-4-2-3-5(9-4)6(7)8/h4-16H,1-3H3;2-12,25H,13H2,1H3;3-11H,1-2H3,(H,20,21);2-8H,1H3;2-5,9-10H,1H3;2-3,7-8H,1H3. The molecular formula is C92H81B2Br2IN8O17S3. The second-order valence-corrected chi connectivity index (χ2v) is 36.8. The van der Waals surface area contributed by atoms with Gasteiger partial charge in [-0.1, -0.05) is 132 Å². The van der Waals surface area contributed by atoms with Crippen LogP contribution < -0.4 is 25.3 Å². The lowest BCUT2D eigenvalue weighted by Gasteiger charge is -2.07. The molecule has 0 unspecified atom stereocenters. The highest BCUT2D eigenvalue weighted by Gasteiger charge is 2.28. The maximum absolute atomic E-state index is 13.6. The number of halogens is 3. The first kappa shape index (κ1) is 90.7. The zero-order valence-electron chi connectivity index (χ0n) is 68.5. The summed E-state index contributed by atoms with van der Waals surface area (Å²) in [6.07, 6.45) is 13.4. The van der Waals surface area contributed by atoms with Gasteiger partial charge in [0, 0.05) is 128 Å². The van der Waals surface area contributed by atoms with E-state index in [1.807, 2.05) is 162 Å². The van der Waals surface area contributed by atoms with Crippen LogP contribution in [0.4, 0.5) is 0 Å². The van der Waals surface area contributed by atoms with Crippen LogP contribution in [0.2, 0.25) is 0 Å². The van der Waals surface area contributed by atoms with Crippen molar-refractivity contribution < 1.29 is 77.9 Å². The number of benzene rings is 7. The predicted octanol–water partition coefficient (Wildman–Crippen LogP) is 17.7. The minimum absolute atomic E-state index is 0.144. The Morgan fingerprint density at radius 2 is 0.800 bits per heavy atom. The number of methoxy groups -OCH3 is 3. The van der Waals surface area contributed by atoms with Gasteiger partial charge in [0.1, 0.15) is 51.6 Å². The van der Waals surface area contributed by atoms with Crippen LogP contribution >= 0.6 is 54.5 Å². The van der Waals surface area contributed by atoms with Crippen molar-refractivity contribution in [2.75, 3.05) is 21.3 Å². The zero-order valence-corrected chi connectivity index (χ0v) is 76.3. The quantitative estimate of drug-likeness (QED) is 0.0364. The summed E-state index contributed by atoms with van der Waals surface area (Å²) in [5.74, 6) is 5.82. The molecule has 0 aliphatic rings. The molecule has 0 atom stereocenters.